The molecule has 4 heteroatoms. The number of nitrogens with zero attached hydrogens (tertiary/aromatic N) is 1. The van der Waals surface area contributed by atoms with Crippen molar-refractivity contribution >= 4 is 22.7 Å². The average Bonchev–Trinajstić information content (AvgIpc) is 2.81. The number of rotatable bonds is 11. The molecule has 0 saturated heterocycles. The van der Waals surface area contributed by atoms with E-state index < -0.39 is 0 Å². The second-order valence-corrected chi connectivity index (χ2v) is 7.80. The summed E-state index contributed by atoms with van der Waals surface area (Å²) in [4.78, 5) is 2.04. The van der Waals surface area contributed by atoms with Crippen LogP contribution in [0.25, 0.3) is 11.1 Å². The Kier molecular flexibility index (Phi) is 9.16. The summed E-state index contributed by atoms with van der Waals surface area (Å²) in [7, 11) is 1.97. The Morgan fingerprint density at radius 1 is 0.806 bits per heavy atom. The molecule has 0 bridgehead atoms. The summed E-state index contributed by atoms with van der Waals surface area (Å²) in [6, 6.07) is 29.2. The smallest absolute Gasteiger partial charge is 0.119 e. The molecular weight excluding hydrogens is 406 g/mol. The van der Waals surface area contributed by atoms with Crippen LogP contribution in [0.4, 0.5) is 0 Å². The summed E-state index contributed by atoms with van der Waals surface area (Å²) in [6.07, 6.45) is 0.783. The fourth-order valence-electron chi connectivity index (χ4n) is 3.59. The highest BCUT2D eigenvalue weighted by Gasteiger charge is 2.14. The molecule has 1 N–H and O–H groups in total. The highest BCUT2D eigenvalue weighted by molar-refractivity contribution is 6.18. The van der Waals surface area contributed by atoms with Crippen LogP contribution in [0.2, 0.25) is 0 Å². The van der Waals surface area contributed by atoms with E-state index >= 15 is 0 Å². The number of allylic oxidation sites excluding steroid dienone is 1. The molecule has 0 saturated carbocycles. The molecule has 0 aromatic heterocycles. The van der Waals surface area contributed by atoms with Gasteiger partial charge in [-0.2, -0.15) is 0 Å². The van der Waals surface area contributed by atoms with Crippen LogP contribution >= 0.6 is 11.6 Å². The first-order chi connectivity index (χ1) is 15.2. The maximum Gasteiger partial charge on any atom is 0.119 e. The Labute approximate surface area is 190 Å². The van der Waals surface area contributed by atoms with Crippen molar-refractivity contribution in [3.8, 4) is 5.75 Å². The molecule has 0 heterocycles. The van der Waals surface area contributed by atoms with E-state index in [1.54, 1.807) is 0 Å². The number of halogens is 1. The molecule has 0 aliphatic heterocycles. The van der Waals surface area contributed by atoms with Crippen molar-refractivity contribution in [1.29, 1.82) is 0 Å². The van der Waals surface area contributed by atoms with Gasteiger partial charge in [0.25, 0.3) is 0 Å². The molecule has 0 aliphatic rings. The molecule has 0 aliphatic carbocycles. The molecule has 31 heavy (non-hydrogen) atoms. The Balaban J connectivity index is 1.92. The first kappa shape index (κ1) is 23.1. The van der Waals surface area contributed by atoms with Gasteiger partial charge in [0.1, 0.15) is 12.4 Å². The molecule has 162 valence electrons. The standard InChI is InChI=1S/C27H30ClNO2/c1-29(18-20-30)19-21-31-25-14-12-24(13-15-25)27(23-10-6-3-7-11-23)26(16-17-28)22-8-4-2-5-9-22/h2-15,30H,16-21H2,1H3. The molecule has 0 unspecified atom stereocenters. The van der Waals surface area contributed by atoms with Gasteiger partial charge in [0, 0.05) is 19.0 Å². The molecule has 3 nitrogen and oxygen atoms in total. The van der Waals surface area contributed by atoms with E-state index in [-0.39, 0.29) is 6.61 Å². The van der Waals surface area contributed by atoms with Crippen molar-refractivity contribution in [2.24, 2.45) is 0 Å². The van der Waals surface area contributed by atoms with Gasteiger partial charge in [-0.25, -0.2) is 0 Å². The zero-order chi connectivity index (χ0) is 21.9. The first-order valence-electron chi connectivity index (χ1n) is 10.7. The summed E-state index contributed by atoms with van der Waals surface area (Å²) in [6.45, 7) is 2.16. The van der Waals surface area contributed by atoms with Gasteiger partial charge >= 0.3 is 0 Å². The van der Waals surface area contributed by atoms with Gasteiger partial charge in [0.05, 0.1) is 6.61 Å². The molecule has 0 atom stereocenters. The highest BCUT2D eigenvalue weighted by atomic mass is 35.5. The summed E-state index contributed by atoms with van der Waals surface area (Å²) in [5.41, 5.74) is 5.93. The van der Waals surface area contributed by atoms with Crippen molar-refractivity contribution in [3.05, 3.63) is 102 Å². The second-order valence-electron chi connectivity index (χ2n) is 7.42. The lowest BCUT2D eigenvalue weighted by atomic mass is 9.88. The van der Waals surface area contributed by atoms with Crippen molar-refractivity contribution in [1.82, 2.24) is 4.90 Å². The van der Waals surface area contributed by atoms with Gasteiger partial charge in [-0.3, -0.25) is 0 Å². The van der Waals surface area contributed by atoms with Crippen molar-refractivity contribution in [2.75, 3.05) is 39.2 Å². The largest absolute Gasteiger partial charge is 0.492 e. The van der Waals surface area contributed by atoms with E-state index in [1.165, 1.54) is 22.3 Å². The number of hydrogen-bond acceptors (Lipinski definition) is 3. The van der Waals surface area contributed by atoms with E-state index in [9.17, 15) is 0 Å². The third-order valence-corrected chi connectivity index (χ3v) is 5.39. The Morgan fingerprint density at radius 2 is 1.39 bits per heavy atom. The maximum atomic E-state index is 9.00. The van der Waals surface area contributed by atoms with Crippen LogP contribution in [0.5, 0.6) is 5.75 Å². The zero-order valence-corrected chi connectivity index (χ0v) is 18.8. The topological polar surface area (TPSA) is 32.7 Å². The maximum absolute atomic E-state index is 9.00. The molecule has 0 radical (unpaired) electrons. The van der Waals surface area contributed by atoms with Crippen LogP contribution in [0.1, 0.15) is 23.1 Å². The van der Waals surface area contributed by atoms with Crippen LogP contribution in [-0.2, 0) is 0 Å². The van der Waals surface area contributed by atoms with Crippen molar-refractivity contribution in [3.63, 3.8) is 0 Å². The number of hydrogen-bond donors (Lipinski definition) is 1. The minimum atomic E-state index is 0.159. The summed E-state index contributed by atoms with van der Waals surface area (Å²) in [5, 5.41) is 9.00. The predicted molar refractivity (Wildman–Crippen MR) is 131 cm³/mol. The molecule has 0 amide bonds. The normalized spacial score (nSPS) is 12.0. The van der Waals surface area contributed by atoms with Crippen molar-refractivity contribution in [2.45, 2.75) is 6.42 Å². The predicted octanol–water partition coefficient (Wildman–Crippen LogP) is 5.58. The van der Waals surface area contributed by atoms with Crippen molar-refractivity contribution < 1.29 is 9.84 Å². The monoisotopic (exact) mass is 435 g/mol. The summed E-state index contributed by atoms with van der Waals surface area (Å²) >= 11 is 6.22. The Morgan fingerprint density at radius 3 is 1.97 bits per heavy atom. The lowest BCUT2D eigenvalue weighted by Gasteiger charge is -2.18. The van der Waals surface area contributed by atoms with E-state index in [0.29, 0.717) is 19.0 Å². The van der Waals surface area contributed by atoms with Gasteiger partial charge in [-0.1, -0.05) is 72.8 Å². The Hall–Kier alpha value is -2.59. The van der Waals surface area contributed by atoms with Crippen LogP contribution in [0.3, 0.4) is 0 Å². The number of benzene rings is 3. The van der Waals surface area contributed by atoms with Crippen LogP contribution < -0.4 is 4.74 Å². The number of alkyl halides is 1. The molecule has 0 fully saturated rings. The highest BCUT2D eigenvalue weighted by Crippen LogP contribution is 2.35. The van der Waals surface area contributed by atoms with Crippen LogP contribution in [0, 0.1) is 0 Å². The molecule has 0 spiro atoms. The third kappa shape index (κ3) is 6.70. The van der Waals surface area contributed by atoms with Crippen LogP contribution in [-0.4, -0.2) is 49.2 Å². The van der Waals surface area contributed by atoms with Gasteiger partial charge in [0.2, 0.25) is 0 Å². The van der Waals surface area contributed by atoms with E-state index in [1.807, 2.05) is 36.2 Å². The van der Waals surface area contributed by atoms with E-state index in [2.05, 4.69) is 60.7 Å². The molecule has 3 rings (SSSR count). The third-order valence-electron chi connectivity index (χ3n) is 5.20. The number of likely N-dealkylation sites (N-methyl/N-ethyl adjacent to an activating group) is 1. The summed E-state index contributed by atoms with van der Waals surface area (Å²) in [5.74, 6) is 1.40. The van der Waals surface area contributed by atoms with Gasteiger partial charge in [-0.05, 0) is 53.4 Å². The fraction of sp³-hybridized carbons (Fsp3) is 0.259. The van der Waals surface area contributed by atoms with Gasteiger partial charge in [0.15, 0.2) is 0 Å². The van der Waals surface area contributed by atoms with Gasteiger partial charge in [-0.15, -0.1) is 11.6 Å². The molecule has 3 aromatic carbocycles. The Bertz CT molecular complexity index is 940. The number of ether oxygens (including phenoxy) is 1. The zero-order valence-electron chi connectivity index (χ0n) is 18.0. The first-order valence-corrected chi connectivity index (χ1v) is 11.2. The number of aliphatic hydroxyl groups is 1. The minimum Gasteiger partial charge on any atom is -0.492 e. The molecular formula is C27H30ClNO2. The number of aliphatic hydroxyl groups excluding tert-OH is 1. The lowest BCUT2D eigenvalue weighted by molar-refractivity contribution is 0.192. The average molecular weight is 436 g/mol. The fourth-order valence-corrected chi connectivity index (χ4v) is 3.78. The summed E-state index contributed by atoms with van der Waals surface area (Å²) < 4.78 is 5.90. The lowest BCUT2D eigenvalue weighted by Crippen LogP contribution is -2.27. The van der Waals surface area contributed by atoms with Crippen LogP contribution in [0.15, 0.2) is 84.9 Å². The van der Waals surface area contributed by atoms with Gasteiger partial charge < -0.3 is 14.7 Å². The minimum absolute atomic E-state index is 0.159. The quantitative estimate of drug-likeness (QED) is 0.315. The van der Waals surface area contributed by atoms with E-state index in [4.69, 9.17) is 21.4 Å². The van der Waals surface area contributed by atoms with E-state index in [0.717, 1.165) is 24.3 Å². The SMILES string of the molecule is CN(CCO)CCOc1ccc(C(=C(CCCl)c2ccccc2)c2ccccc2)cc1. The second kappa shape index (κ2) is 12.3. The molecule has 3 aromatic rings.